The third-order valence-electron chi connectivity index (χ3n) is 3.77. The van der Waals surface area contributed by atoms with Crippen molar-refractivity contribution in [2.45, 2.75) is 18.4 Å². The minimum absolute atomic E-state index is 0.0221. The van der Waals surface area contributed by atoms with Crippen LogP contribution in [0.4, 0.5) is 5.69 Å². The molecule has 6 heteroatoms. The number of epoxide rings is 1. The summed E-state index contributed by atoms with van der Waals surface area (Å²) < 4.78 is 16.3. The molecule has 2 unspecified atom stereocenters. The van der Waals surface area contributed by atoms with E-state index in [1.165, 1.54) is 7.11 Å². The van der Waals surface area contributed by atoms with Crippen molar-refractivity contribution in [3.63, 3.8) is 0 Å². The molecule has 4 rings (SSSR count). The molecule has 1 aromatic carbocycles. The van der Waals surface area contributed by atoms with E-state index >= 15 is 0 Å². The van der Waals surface area contributed by atoms with Crippen molar-refractivity contribution in [3.05, 3.63) is 17.7 Å². The van der Waals surface area contributed by atoms with Crippen LogP contribution in [0.1, 0.15) is 11.7 Å². The zero-order valence-corrected chi connectivity index (χ0v) is 10.4. The van der Waals surface area contributed by atoms with E-state index in [0.29, 0.717) is 19.1 Å². The number of aliphatic imine (C=N–C) groups is 1. The zero-order chi connectivity index (χ0) is 13.0. The van der Waals surface area contributed by atoms with Gasteiger partial charge in [-0.3, -0.25) is 4.99 Å². The summed E-state index contributed by atoms with van der Waals surface area (Å²) in [6, 6.07) is 3.56. The van der Waals surface area contributed by atoms with E-state index in [0.717, 1.165) is 11.3 Å². The van der Waals surface area contributed by atoms with Gasteiger partial charge in [-0.15, -0.1) is 0 Å². The molecule has 3 atom stereocenters. The molecule has 0 aromatic heterocycles. The van der Waals surface area contributed by atoms with Crippen molar-refractivity contribution in [2.24, 2.45) is 4.99 Å². The first-order chi connectivity index (χ1) is 9.28. The largest absolute Gasteiger partial charge is 0.504 e. The smallest absolute Gasteiger partial charge is 0.161 e. The van der Waals surface area contributed by atoms with Crippen LogP contribution < -0.4 is 4.74 Å². The summed E-state index contributed by atoms with van der Waals surface area (Å²) in [6.07, 6.45) is 1.87. The SMILES string of the molecule is COc1cc2c(cc1O)N=C[C@@H]1COCN1C1OC21. The summed E-state index contributed by atoms with van der Waals surface area (Å²) in [7, 11) is 1.53. The molecule has 1 aromatic rings. The van der Waals surface area contributed by atoms with Crippen LogP contribution in [0.5, 0.6) is 11.5 Å². The molecule has 0 spiro atoms. The van der Waals surface area contributed by atoms with Gasteiger partial charge in [0, 0.05) is 17.8 Å². The molecule has 3 heterocycles. The number of rotatable bonds is 1. The highest BCUT2D eigenvalue weighted by atomic mass is 16.6. The van der Waals surface area contributed by atoms with Gasteiger partial charge in [-0.25, -0.2) is 4.90 Å². The maximum absolute atomic E-state index is 9.84. The number of fused-ring (bicyclic) bond motifs is 5. The van der Waals surface area contributed by atoms with Gasteiger partial charge < -0.3 is 19.3 Å². The maximum atomic E-state index is 9.84. The van der Waals surface area contributed by atoms with Gasteiger partial charge in [0.05, 0.1) is 25.4 Å². The summed E-state index contributed by atoms with van der Waals surface area (Å²) in [5.41, 5.74) is 1.68. The van der Waals surface area contributed by atoms with Crippen molar-refractivity contribution >= 4 is 11.9 Å². The number of phenolic OH excluding ortho intramolecular Hbond substituents is 1. The summed E-state index contributed by atoms with van der Waals surface area (Å²) in [5, 5.41) is 9.84. The summed E-state index contributed by atoms with van der Waals surface area (Å²) in [4.78, 5) is 6.61. The number of benzene rings is 1. The first kappa shape index (κ1) is 11.2. The van der Waals surface area contributed by atoms with E-state index in [-0.39, 0.29) is 24.1 Å². The molecule has 1 N–H and O–H groups in total. The molecule has 6 nitrogen and oxygen atoms in total. The topological polar surface area (TPSA) is 66.8 Å². The van der Waals surface area contributed by atoms with Gasteiger partial charge in [-0.1, -0.05) is 0 Å². The van der Waals surface area contributed by atoms with E-state index in [1.54, 1.807) is 12.1 Å². The van der Waals surface area contributed by atoms with Crippen molar-refractivity contribution in [3.8, 4) is 11.5 Å². The van der Waals surface area contributed by atoms with Crippen LogP contribution in [-0.4, -0.2) is 48.9 Å². The molecular weight excluding hydrogens is 248 g/mol. The molecule has 0 radical (unpaired) electrons. The highest BCUT2D eigenvalue weighted by Crippen LogP contribution is 2.49. The molecule has 3 aliphatic heterocycles. The Morgan fingerprint density at radius 1 is 1.47 bits per heavy atom. The van der Waals surface area contributed by atoms with Crippen molar-refractivity contribution in [1.82, 2.24) is 4.90 Å². The van der Waals surface area contributed by atoms with E-state index in [4.69, 9.17) is 14.2 Å². The summed E-state index contributed by atoms with van der Waals surface area (Å²) in [6.45, 7) is 1.20. The Hall–Kier alpha value is -1.63. The van der Waals surface area contributed by atoms with Crippen LogP contribution in [0.2, 0.25) is 0 Å². The monoisotopic (exact) mass is 262 g/mol. The molecule has 2 fully saturated rings. The number of methoxy groups -OCH3 is 1. The fourth-order valence-electron chi connectivity index (χ4n) is 2.69. The number of phenols is 1. The highest BCUT2D eigenvalue weighted by molar-refractivity contribution is 5.73. The second-order valence-corrected chi connectivity index (χ2v) is 4.89. The van der Waals surface area contributed by atoms with Gasteiger partial charge in [0.1, 0.15) is 19.1 Å². The quantitative estimate of drug-likeness (QED) is 0.770. The van der Waals surface area contributed by atoms with Gasteiger partial charge >= 0.3 is 0 Å². The van der Waals surface area contributed by atoms with Gasteiger partial charge in [0.25, 0.3) is 0 Å². The predicted octanol–water partition coefficient (Wildman–Crippen LogP) is 1.17. The van der Waals surface area contributed by atoms with Crippen LogP contribution >= 0.6 is 0 Å². The Kier molecular flexibility index (Phi) is 2.32. The van der Waals surface area contributed by atoms with Gasteiger partial charge in [-0.2, -0.15) is 0 Å². The lowest BCUT2D eigenvalue weighted by molar-refractivity contribution is 0.107. The summed E-state index contributed by atoms with van der Waals surface area (Å²) >= 11 is 0. The van der Waals surface area contributed by atoms with E-state index < -0.39 is 0 Å². The lowest BCUT2D eigenvalue weighted by Gasteiger charge is -2.19. The van der Waals surface area contributed by atoms with Crippen LogP contribution in [0.25, 0.3) is 0 Å². The fourth-order valence-corrected chi connectivity index (χ4v) is 2.69. The number of nitrogens with zero attached hydrogens (tertiary/aromatic N) is 2. The Bertz CT molecular complexity index is 560. The molecule has 0 amide bonds. The standard InChI is InChI=1S/C13H14N2O4/c1-17-11-2-8-9(3-10(11)16)14-4-7-5-18-6-15(7)13-12(8)19-13/h2-4,7,12-13,16H,5-6H2,1H3/t7-,12?,13?/m1/s1. The van der Waals surface area contributed by atoms with E-state index in [9.17, 15) is 5.11 Å². The molecule has 19 heavy (non-hydrogen) atoms. The van der Waals surface area contributed by atoms with Crippen molar-refractivity contribution in [1.29, 1.82) is 0 Å². The van der Waals surface area contributed by atoms with Gasteiger partial charge in [0.15, 0.2) is 11.5 Å². The minimum Gasteiger partial charge on any atom is -0.504 e. The van der Waals surface area contributed by atoms with E-state index in [2.05, 4.69) is 9.89 Å². The first-order valence-corrected chi connectivity index (χ1v) is 6.22. The molecular formula is C13H14N2O4. The van der Waals surface area contributed by atoms with Gasteiger partial charge in [-0.05, 0) is 6.07 Å². The van der Waals surface area contributed by atoms with Crippen LogP contribution in [0.3, 0.4) is 0 Å². The van der Waals surface area contributed by atoms with Crippen LogP contribution in [-0.2, 0) is 9.47 Å². The molecule has 0 aliphatic carbocycles. The zero-order valence-electron chi connectivity index (χ0n) is 10.4. The lowest BCUT2D eigenvalue weighted by Crippen LogP contribution is -2.35. The second-order valence-electron chi connectivity index (χ2n) is 4.89. The van der Waals surface area contributed by atoms with Crippen molar-refractivity contribution in [2.75, 3.05) is 20.4 Å². The third kappa shape index (κ3) is 1.64. The Morgan fingerprint density at radius 2 is 2.37 bits per heavy atom. The molecule has 100 valence electrons. The average Bonchev–Trinajstić information content (AvgIpc) is 3.04. The molecule has 0 saturated carbocycles. The lowest BCUT2D eigenvalue weighted by atomic mass is 10.1. The van der Waals surface area contributed by atoms with E-state index in [1.807, 2.05) is 6.21 Å². The highest BCUT2D eigenvalue weighted by Gasteiger charge is 2.50. The number of hydrogen-bond donors (Lipinski definition) is 1. The third-order valence-corrected chi connectivity index (χ3v) is 3.77. The Labute approximate surface area is 110 Å². The Balaban J connectivity index is 1.80. The minimum atomic E-state index is -0.0221. The number of aromatic hydroxyl groups is 1. The average molecular weight is 262 g/mol. The maximum Gasteiger partial charge on any atom is 0.161 e. The van der Waals surface area contributed by atoms with Gasteiger partial charge in [0.2, 0.25) is 0 Å². The second kappa shape index (κ2) is 3.93. The molecule has 0 bridgehead atoms. The molecule has 3 aliphatic rings. The first-order valence-electron chi connectivity index (χ1n) is 6.22. The number of hydrogen-bond acceptors (Lipinski definition) is 6. The molecule has 2 saturated heterocycles. The van der Waals surface area contributed by atoms with Crippen LogP contribution in [0, 0.1) is 0 Å². The number of ether oxygens (including phenoxy) is 3. The summed E-state index contributed by atoms with van der Waals surface area (Å²) in [5.74, 6) is 0.536. The predicted molar refractivity (Wildman–Crippen MR) is 66.9 cm³/mol. The van der Waals surface area contributed by atoms with Crippen LogP contribution in [0.15, 0.2) is 17.1 Å². The Morgan fingerprint density at radius 3 is 3.21 bits per heavy atom. The fraction of sp³-hybridized carbons (Fsp3) is 0.462. The normalized spacial score (nSPS) is 31.9. The van der Waals surface area contributed by atoms with Crippen molar-refractivity contribution < 1.29 is 19.3 Å².